The number of H-pyrrole nitrogens is 1. The molecule has 0 amide bonds. The van der Waals surface area contributed by atoms with Crippen molar-refractivity contribution in [2.45, 2.75) is 9.79 Å². The third-order valence-electron chi connectivity index (χ3n) is 2.59. The molecule has 0 spiro atoms. The molecular formula is C10H10N6O7S2. The van der Waals surface area contributed by atoms with E-state index in [1.54, 1.807) is 0 Å². The van der Waals surface area contributed by atoms with Gasteiger partial charge < -0.3 is 11.5 Å². The number of benzene rings is 1. The number of hydrogen-bond acceptors (Lipinski definition) is 12. The van der Waals surface area contributed by atoms with Crippen molar-refractivity contribution in [3.05, 3.63) is 28.7 Å². The quantitative estimate of drug-likeness (QED) is 0.154. The molecule has 1 aromatic heterocycles. The van der Waals surface area contributed by atoms with E-state index in [2.05, 4.69) is 29.6 Å². The number of aromatic amines is 1. The van der Waals surface area contributed by atoms with Crippen LogP contribution in [0.5, 0.6) is 0 Å². The Hall–Kier alpha value is -2.56. The maximum atomic E-state index is 11.4. The predicted molar refractivity (Wildman–Crippen MR) is 84.8 cm³/mol. The third kappa shape index (κ3) is 4.72. The lowest BCUT2D eigenvalue weighted by molar-refractivity contribution is -0.432. The Bertz CT molecular complexity index is 948. The predicted octanol–water partition coefficient (Wildman–Crippen LogP) is 1.02. The van der Waals surface area contributed by atoms with E-state index in [4.69, 9.17) is 16.7 Å². The zero-order chi connectivity index (χ0) is 18.6. The van der Waals surface area contributed by atoms with E-state index in [1.807, 2.05) is 0 Å². The van der Waals surface area contributed by atoms with Crippen molar-refractivity contribution in [1.29, 1.82) is 0 Å². The second kappa shape index (κ2) is 7.55. The van der Waals surface area contributed by atoms with E-state index in [0.717, 1.165) is 12.1 Å². The lowest BCUT2D eigenvalue weighted by atomic mass is 10.3. The van der Waals surface area contributed by atoms with Gasteiger partial charge in [-0.1, -0.05) is 5.04 Å². The van der Waals surface area contributed by atoms with Gasteiger partial charge in [0.1, 0.15) is 16.4 Å². The highest BCUT2D eigenvalue weighted by atomic mass is 32.2. The molecule has 2 aromatic rings. The van der Waals surface area contributed by atoms with Gasteiger partial charge in [0.25, 0.3) is 10.1 Å². The number of nitrogen functional groups attached to an aromatic ring is 2. The molecule has 0 aliphatic carbocycles. The van der Waals surface area contributed by atoms with Gasteiger partial charge in [-0.2, -0.15) is 13.4 Å². The number of aromatic nitrogens is 2. The summed E-state index contributed by atoms with van der Waals surface area (Å²) in [6, 6.07) is 3.42. The van der Waals surface area contributed by atoms with Gasteiger partial charge in [0.2, 0.25) is 0 Å². The molecule has 2 rings (SSSR count). The Morgan fingerprint density at radius 1 is 1.28 bits per heavy atom. The van der Waals surface area contributed by atoms with Crippen molar-refractivity contribution in [3.63, 3.8) is 0 Å². The number of nitrogens with zero attached hydrogens (tertiary/aromatic N) is 3. The summed E-state index contributed by atoms with van der Waals surface area (Å²) < 4.78 is 36.3. The van der Waals surface area contributed by atoms with E-state index in [0.29, 0.717) is 12.0 Å². The first-order valence-corrected chi connectivity index (χ1v) is 8.24. The molecule has 0 saturated heterocycles. The number of azo groups is 1. The second-order valence-electron chi connectivity index (χ2n) is 4.22. The van der Waals surface area contributed by atoms with Crippen LogP contribution in [0.15, 0.2) is 43.0 Å². The average Bonchev–Trinajstić information content (AvgIpc) is 2.51. The van der Waals surface area contributed by atoms with Crippen molar-refractivity contribution in [1.82, 2.24) is 9.97 Å². The van der Waals surface area contributed by atoms with Gasteiger partial charge in [-0.15, -0.1) is 14.6 Å². The van der Waals surface area contributed by atoms with Crippen LogP contribution in [0, 0.1) is 0 Å². The second-order valence-corrected chi connectivity index (χ2v) is 6.38. The summed E-state index contributed by atoms with van der Waals surface area (Å²) in [6.07, 6.45) is 0. The van der Waals surface area contributed by atoms with Crippen molar-refractivity contribution >= 4 is 45.2 Å². The Labute approximate surface area is 143 Å². The minimum atomic E-state index is -4.62. The summed E-state index contributed by atoms with van der Waals surface area (Å²) in [6.45, 7) is 0. The van der Waals surface area contributed by atoms with E-state index in [9.17, 15) is 17.8 Å². The molecule has 134 valence electrons. The van der Waals surface area contributed by atoms with Crippen LogP contribution in [-0.2, 0) is 19.5 Å². The summed E-state index contributed by atoms with van der Waals surface area (Å²) in [5.41, 5.74) is 9.74. The first kappa shape index (κ1) is 18.8. The molecule has 0 aliphatic rings. The minimum absolute atomic E-state index is 0.200. The van der Waals surface area contributed by atoms with Gasteiger partial charge in [-0.3, -0.25) is 9.54 Å². The monoisotopic (exact) mass is 390 g/mol. The summed E-state index contributed by atoms with van der Waals surface area (Å²) in [7, 11) is -4.62. The molecule has 15 heteroatoms. The maximum Gasteiger partial charge on any atom is 0.348 e. The van der Waals surface area contributed by atoms with Gasteiger partial charge in [0, 0.05) is 4.90 Å². The SMILES string of the molecule is Nc1nc(=O)[nH]c(N)c1N=Nc1cc(SOOO)ccc1S(=O)(=O)O. The Balaban J connectivity index is 2.51. The van der Waals surface area contributed by atoms with Crippen molar-refractivity contribution in [2.24, 2.45) is 10.2 Å². The van der Waals surface area contributed by atoms with E-state index in [1.165, 1.54) is 6.07 Å². The Morgan fingerprint density at radius 2 is 2.00 bits per heavy atom. The summed E-state index contributed by atoms with van der Waals surface area (Å²) in [5, 5.41) is 18.9. The zero-order valence-corrected chi connectivity index (χ0v) is 13.6. The summed E-state index contributed by atoms with van der Waals surface area (Å²) in [5.74, 6) is -0.571. The molecule has 0 fully saturated rings. The molecule has 0 radical (unpaired) electrons. The smallest absolute Gasteiger partial charge is 0.348 e. The van der Waals surface area contributed by atoms with E-state index >= 15 is 0 Å². The maximum absolute atomic E-state index is 11.4. The minimum Gasteiger partial charge on any atom is -0.383 e. The van der Waals surface area contributed by atoms with Crippen LogP contribution in [0.4, 0.5) is 23.0 Å². The fourth-order valence-corrected chi connectivity index (χ4v) is 2.61. The molecule has 0 bridgehead atoms. The van der Waals surface area contributed by atoms with E-state index < -0.39 is 20.7 Å². The molecule has 1 aromatic carbocycles. The normalized spacial score (nSPS) is 11.9. The van der Waals surface area contributed by atoms with Crippen molar-refractivity contribution in [3.8, 4) is 0 Å². The number of nitrogens with two attached hydrogens (primary N) is 2. The van der Waals surface area contributed by atoms with Crippen LogP contribution in [0.1, 0.15) is 0 Å². The molecule has 1 heterocycles. The fraction of sp³-hybridized carbons (Fsp3) is 0. The molecule has 13 nitrogen and oxygen atoms in total. The first-order valence-electron chi connectivity index (χ1n) is 6.05. The van der Waals surface area contributed by atoms with Crippen LogP contribution in [0.25, 0.3) is 0 Å². The molecule has 0 unspecified atom stereocenters. The standard InChI is InChI=1S/C10H10N6O7S2/c11-8-7(9(12)14-10(17)13-8)16-15-5-3-4(24-23-22-18)1-2-6(5)25(19,20)21/h1-3,18H,(H,19,20,21)(H5,11,12,13,14,17). The first-order chi connectivity index (χ1) is 11.7. The van der Waals surface area contributed by atoms with Crippen molar-refractivity contribution < 1.29 is 27.6 Å². The zero-order valence-electron chi connectivity index (χ0n) is 12.0. The van der Waals surface area contributed by atoms with Gasteiger partial charge in [-0.25, -0.2) is 10.1 Å². The fourth-order valence-electron chi connectivity index (χ4n) is 1.61. The average molecular weight is 390 g/mol. The van der Waals surface area contributed by atoms with Gasteiger partial charge >= 0.3 is 5.69 Å². The lowest BCUT2D eigenvalue weighted by Gasteiger charge is -2.05. The number of nitrogens with one attached hydrogen (secondary N) is 1. The molecule has 7 N–H and O–H groups in total. The van der Waals surface area contributed by atoms with Crippen LogP contribution < -0.4 is 17.2 Å². The molecule has 25 heavy (non-hydrogen) atoms. The van der Waals surface area contributed by atoms with Gasteiger partial charge in [-0.05, 0) is 18.2 Å². The third-order valence-corrected chi connectivity index (χ3v) is 4.06. The van der Waals surface area contributed by atoms with Gasteiger partial charge in [0.05, 0.1) is 12.0 Å². The Kier molecular flexibility index (Phi) is 5.67. The lowest BCUT2D eigenvalue weighted by Crippen LogP contribution is -2.14. The largest absolute Gasteiger partial charge is 0.383 e. The highest BCUT2D eigenvalue weighted by Gasteiger charge is 2.17. The highest BCUT2D eigenvalue weighted by Crippen LogP contribution is 2.33. The van der Waals surface area contributed by atoms with Crippen LogP contribution in [-0.4, -0.2) is 28.2 Å². The molecule has 0 atom stereocenters. The Morgan fingerprint density at radius 3 is 2.60 bits per heavy atom. The van der Waals surface area contributed by atoms with Gasteiger partial charge in [0.15, 0.2) is 11.5 Å². The number of hydrogen-bond donors (Lipinski definition) is 5. The van der Waals surface area contributed by atoms with Crippen LogP contribution >= 0.6 is 12.0 Å². The summed E-state index contributed by atoms with van der Waals surface area (Å²) in [4.78, 5) is 16.3. The summed E-state index contributed by atoms with van der Waals surface area (Å²) >= 11 is 0.524. The molecule has 0 aliphatic heterocycles. The van der Waals surface area contributed by atoms with E-state index in [-0.39, 0.29) is 27.9 Å². The van der Waals surface area contributed by atoms with Crippen molar-refractivity contribution in [2.75, 3.05) is 11.5 Å². The molecule has 0 saturated carbocycles. The molecular weight excluding hydrogens is 380 g/mol. The number of anilines is 2. The van der Waals surface area contributed by atoms with Crippen LogP contribution in [0.2, 0.25) is 0 Å². The number of rotatable bonds is 6. The van der Waals surface area contributed by atoms with Crippen LogP contribution in [0.3, 0.4) is 0 Å². The highest BCUT2D eigenvalue weighted by molar-refractivity contribution is 7.94. The topological polar surface area (TPSA) is 216 Å².